The lowest BCUT2D eigenvalue weighted by Crippen LogP contribution is -2.34. The molecule has 0 aliphatic carbocycles. The van der Waals surface area contributed by atoms with Gasteiger partial charge in [-0.3, -0.25) is 4.90 Å². The SMILES string of the molecule is C#CCC(CC#N)N(CC)CC. The van der Waals surface area contributed by atoms with Crippen molar-refractivity contribution in [2.24, 2.45) is 0 Å². The molecule has 2 heteroatoms. The molecule has 0 fully saturated rings. The molecule has 0 N–H and O–H groups in total. The van der Waals surface area contributed by atoms with Gasteiger partial charge in [-0.05, 0) is 13.1 Å². The molecule has 1 unspecified atom stereocenters. The van der Waals surface area contributed by atoms with Crippen molar-refractivity contribution >= 4 is 0 Å². The van der Waals surface area contributed by atoms with Crippen LogP contribution in [0.5, 0.6) is 0 Å². The van der Waals surface area contributed by atoms with Crippen LogP contribution in [0.1, 0.15) is 26.7 Å². The maximum absolute atomic E-state index is 8.56. The van der Waals surface area contributed by atoms with E-state index >= 15 is 0 Å². The Hall–Kier alpha value is -0.990. The van der Waals surface area contributed by atoms with Gasteiger partial charge in [-0.25, -0.2) is 0 Å². The fourth-order valence-corrected chi connectivity index (χ4v) is 1.31. The Bertz CT molecular complexity index is 165. The number of hydrogen-bond acceptors (Lipinski definition) is 2. The minimum absolute atomic E-state index is 0.245. The quantitative estimate of drug-likeness (QED) is 0.577. The third-order valence-corrected chi connectivity index (χ3v) is 2.01. The van der Waals surface area contributed by atoms with Crippen molar-refractivity contribution in [2.45, 2.75) is 32.7 Å². The summed E-state index contributed by atoms with van der Waals surface area (Å²) in [6.45, 7) is 6.10. The summed E-state index contributed by atoms with van der Waals surface area (Å²) in [5.41, 5.74) is 0. The van der Waals surface area contributed by atoms with Crippen LogP contribution in [0, 0.1) is 23.7 Å². The molecule has 0 aliphatic rings. The van der Waals surface area contributed by atoms with Crippen LogP contribution in [0.3, 0.4) is 0 Å². The van der Waals surface area contributed by atoms with Gasteiger partial charge < -0.3 is 0 Å². The summed E-state index contributed by atoms with van der Waals surface area (Å²) < 4.78 is 0. The van der Waals surface area contributed by atoms with E-state index in [1.807, 2.05) is 0 Å². The molecule has 0 aromatic heterocycles. The molecule has 0 aromatic carbocycles. The third kappa shape index (κ3) is 3.42. The molecule has 1 atom stereocenters. The second kappa shape index (κ2) is 6.70. The van der Waals surface area contributed by atoms with E-state index in [0.717, 1.165) is 13.1 Å². The number of nitrogens with zero attached hydrogens (tertiary/aromatic N) is 2. The summed E-state index contributed by atoms with van der Waals surface area (Å²) in [4.78, 5) is 2.23. The first-order valence-electron chi connectivity index (χ1n) is 4.34. The molecule has 0 saturated heterocycles. The van der Waals surface area contributed by atoms with Gasteiger partial charge in [-0.15, -0.1) is 12.3 Å². The second-order valence-electron chi connectivity index (χ2n) is 2.65. The normalized spacial score (nSPS) is 12.1. The van der Waals surface area contributed by atoms with Gasteiger partial charge in [0, 0.05) is 12.5 Å². The Kier molecular flexibility index (Phi) is 6.15. The summed E-state index contributed by atoms with van der Waals surface area (Å²) in [5.74, 6) is 2.61. The van der Waals surface area contributed by atoms with Crippen molar-refractivity contribution in [2.75, 3.05) is 13.1 Å². The van der Waals surface area contributed by atoms with Crippen molar-refractivity contribution in [3.63, 3.8) is 0 Å². The molecule has 66 valence electrons. The number of nitriles is 1. The minimum Gasteiger partial charge on any atom is -0.299 e. The third-order valence-electron chi connectivity index (χ3n) is 2.01. The standard InChI is InChI=1S/C10H16N2/c1-4-7-10(8-9-11)12(5-2)6-3/h1,10H,5-8H2,2-3H3. The average Bonchev–Trinajstić information content (AvgIpc) is 2.07. The van der Waals surface area contributed by atoms with Crippen LogP contribution in [0.15, 0.2) is 0 Å². The van der Waals surface area contributed by atoms with Gasteiger partial charge in [0.05, 0.1) is 12.5 Å². The topological polar surface area (TPSA) is 27.0 Å². The summed E-state index contributed by atoms with van der Waals surface area (Å²) in [5, 5.41) is 8.56. The zero-order chi connectivity index (χ0) is 9.40. The lowest BCUT2D eigenvalue weighted by atomic mass is 10.1. The molecule has 2 nitrogen and oxygen atoms in total. The maximum Gasteiger partial charge on any atom is 0.0638 e. The fraction of sp³-hybridized carbons (Fsp3) is 0.700. The highest BCUT2D eigenvalue weighted by atomic mass is 15.1. The van der Waals surface area contributed by atoms with Gasteiger partial charge in [0.2, 0.25) is 0 Å². The predicted molar refractivity (Wildman–Crippen MR) is 50.4 cm³/mol. The van der Waals surface area contributed by atoms with Crippen LogP contribution in [0.4, 0.5) is 0 Å². The van der Waals surface area contributed by atoms with E-state index in [1.165, 1.54) is 0 Å². The van der Waals surface area contributed by atoms with E-state index in [1.54, 1.807) is 0 Å². The smallest absolute Gasteiger partial charge is 0.0638 e. The molecule has 0 heterocycles. The van der Waals surface area contributed by atoms with Crippen molar-refractivity contribution in [3.05, 3.63) is 0 Å². The Balaban J connectivity index is 4.08. The van der Waals surface area contributed by atoms with Gasteiger partial charge in [0.1, 0.15) is 0 Å². The Morgan fingerprint density at radius 2 is 1.92 bits per heavy atom. The van der Waals surface area contributed by atoms with E-state index in [0.29, 0.717) is 12.8 Å². The molecule has 0 rings (SSSR count). The molecule has 0 amide bonds. The van der Waals surface area contributed by atoms with Crippen molar-refractivity contribution < 1.29 is 0 Å². The minimum atomic E-state index is 0.245. The van der Waals surface area contributed by atoms with Crippen LogP contribution in [-0.2, 0) is 0 Å². The monoisotopic (exact) mass is 164 g/mol. The molecule has 0 aromatic rings. The van der Waals surface area contributed by atoms with Crippen LogP contribution >= 0.6 is 0 Å². The van der Waals surface area contributed by atoms with Gasteiger partial charge in [0.25, 0.3) is 0 Å². The number of terminal acetylenes is 1. The first-order chi connectivity index (χ1) is 5.79. The van der Waals surface area contributed by atoms with Gasteiger partial charge in [0.15, 0.2) is 0 Å². The van der Waals surface area contributed by atoms with Crippen LogP contribution < -0.4 is 0 Å². The molecule has 12 heavy (non-hydrogen) atoms. The second-order valence-corrected chi connectivity index (χ2v) is 2.65. The average molecular weight is 164 g/mol. The molecule has 0 bridgehead atoms. The maximum atomic E-state index is 8.56. The molecule has 0 radical (unpaired) electrons. The van der Waals surface area contributed by atoms with E-state index in [2.05, 4.69) is 30.7 Å². The summed E-state index contributed by atoms with van der Waals surface area (Å²) in [6.07, 6.45) is 6.43. The Labute approximate surface area is 75.2 Å². The van der Waals surface area contributed by atoms with Gasteiger partial charge in [-0.1, -0.05) is 13.8 Å². The highest BCUT2D eigenvalue weighted by Crippen LogP contribution is 2.06. The van der Waals surface area contributed by atoms with Crippen molar-refractivity contribution in [1.82, 2.24) is 4.90 Å². The molecular weight excluding hydrogens is 148 g/mol. The van der Waals surface area contributed by atoms with Crippen molar-refractivity contribution in [1.29, 1.82) is 5.26 Å². The van der Waals surface area contributed by atoms with E-state index < -0.39 is 0 Å². The number of hydrogen-bond donors (Lipinski definition) is 0. The Morgan fingerprint density at radius 1 is 1.33 bits per heavy atom. The van der Waals surface area contributed by atoms with Gasteiger partial charge in [-0.2, -0.15) is 5.26 Å². The van der Waals surface area contributed by atoms with E-state index in [4.69, 9.17) is 11.7 Å². The highest BCUT2D eigenvalue weighted by molar-refractivity contribution is 4.94. The van der Waals surface area contributed by atoms with Gasteiger partial charge >= 0.3 is 0 Å². The molecule has 0 saturated carbocycles. The van der Waals surface area contributed by atoms with Crippen molar-refractivity contribution in [3.8, 4) is 18.4 Å². The van der Waals surface area contributed by atoms with Crippen LogP contribution in [-0.4, -0.2) is 24.0 Å². The first kappa shape index (κ1) is 11.0. The molecule has 0 spiro atoms. The lowest BCUT2D eigenvalue weighted by molar-refractivity contribution is 0.222. The van der Waals surface area contributed by atoms with E-state index in [-0.39, 0.29) is 6.04 Å². The summed E-state index contributed by atoms with van der Waals surface area (Å²) >= 11 is 0. The molecular formula is C10H16N2. The first-order valence-corrected chi connectivity index (χ1v) is 4.34. The fourth-order valence-electron chi connectivity index (χ4n) is 1.31. The summed E-state index contributed by atoms with van der Waals surface area (Å²) in [6, 6.07) is 2.41. The highest BCUT2D eigenvalue weighted by Gasteiger charge is 2.13. The van der Waals surface area contributed by atoms with Crippen LogP contribution in [0.25, 0.3) is 0 Å². The zero-order valence-electron chi connectivity index (χ0n) is 7.88. The molecule has 0 aliphatic heterocycles. The summed E-state index contributed by atoms with van der Waals surface area (Å²) in [7, 11) is 0. The zero-order valence-corrected chi connectivity index (χ0v) is 7.88. The van der Waals surface area contributed by atoms with E-state index in [9.17, 15) is 0 Å². The predicted octanol–water partition coefficient (Wildman–Crippen LogP) is 1.63. The number of rotatable bonds is 5. The largest absolute Gasteiger partial charge is 0.299 e. The lowest BCUT2D eigenvalue weighted by Gasteiger charge is -2.25. The van der Waals surface area contributed by atoms with Crippen LogP contribution in [0.2, 0.25) is 0 Å². The Morgan fingerprint density at radius 3 is 2.25 bits per heavy atom.